The van der Waals surface area contributed by atoms with Crippen LogP contribution in [0.2, 0.25) is 10.0 Å². The summed E-state index contributed by atoms with van der Waals surface area (Å²) in [5, 5.41) is -0.0997. The van der Waals surface area contributed by atoms with Gasteiger partial charge in [0.1, 0.15) is 16.5 Å². The van der Waals surface area contributed by atoms with Crippen molar-refractivity contribution < 1.29 is 12.8 Å². The highest BCUT2D eigenvalue weighted by Gasteiger charge is 2.21. The minimum Gasteiger partial charge on any atom is -0.263 e. The molecule has 1 aromatic carbocycles. The number of pyridine rings is 1. The van der Waals surface area contributed by atoms with Crippen molar-refractivity contribution in [3.8, 4) is 0 Å². The SMILES string of the molecule is CCCc1cccc(NS(=O)(=O)c2cc(Cl)c(Cl)cc2F)n1. The van der Waals surface area contributed by atoms with E-state index in [0.29, 0.717) is 0 Å². The van der Waals surface area contributed by atoms with Crippen molar-refractivity contribution in [2.45, 2.75) is 24.7 Å². The maximum Gasteiger partial charge on any atom is 0.266 e. The molecule has 0 spiro atoms. The molecule has 22 heavy (non-hydrogen) atoms. The van der Waals surface area contributed by atoms with Crippen LogP contribution >= 0.6 is 23.2 Å². The van der Waals surface area contributed by atoms with E-state index in [-0.39, 0.29) is 15.9 Å². The largest absolute Gasteiger partial charge is 0.266 e. The molecule has 0 unspecified atom stereocenters. The number of anilines is 1. The molecular formula is C14H13Cl2FN2O2S. The monoisotopic (exact) mass is 362 g/mol. The van der Waals surface area contributed by atoms with Gasteiger partial charge in [0.25, 0.3) is 10.0 Å². The summed E-state index contributed by atoms with van der Waals surface area (Å²) in [7, 11) is -4.15. The molecule has 0 radical (unpaired) electrons. The molecule has 118 valence electrons. The predicted octanol–water partition coefficient (Wildman–Crippen LogP) is 4.28. The second-order valence-corrected chi connectivity index (χ2v) is 7.03. The third kappa shape index (κ3) is 3.88. The molecule has 1 N–H and O–H groups in total. The van der Waals surface area contributed by atoms with Crippen molar-refractivity contribution in [3.05, 3.63) is 51.9 Å². The topological polar surface area (TPSA) is 59.1 Å². The summed E-state index contributed by atoms with van der Waals surface area (Å²) in [4.78, 5) is 3.59. The van der Waals surface area contributed by atoms with Crippen molar-refractivity contribution >= 4 is 39.0 Å². The van der Waals surface area contributed by atoms with Gasteiger partial charge >= 0.3 is 0 Å². The third-order valence-corrected chi connectivity index (χ3v) is 4.91. The smallest absolute Gasteiger partial charge is 0.263 e. The zero-order chi connectivity index (χ0) is 16.3. The number of aromatic nitrogens is 1. The average molecular weight is 363 g/mol. The van der Waals surface area contributed by atoms with Crippen LogP contribution in [0.25, 0.3) is 0 Å². The average Bonchev–Trinajstić information content (AvgIpc) is 2.43. The normalized spacial score (nSPS) is 11.5. The second-order valence-electron chi connectivity index (χ2n) is 4.57. The first-order chi connectivity index (χ1) is 10.3. The summed E-state index contributed by atoms with van der Waals surface area (Å²) < 4.78 is 40.6. The van der Waals surface area contributed by atoms with Gasteiger partial charge in [-0.2, -0.15) is 0 Å². The Morgan fingerprint density at radius 2 is 1.91 bits per heavy atom. The zero-order valence-electron chi connectivity index (χ0n) is 11.6. The Hall–Kier alpha value is -1.37. The van der Waals surface area contributed by atoms with Gasteiger partial charge in [0, 0.05) is 5.69 Å². The molecule has 1 heterocycles. The summed E-state index contributed by atoms with van der Waals surface area (Å²) in [6.45, 7) is 1.99. The molecule has 0 amide bonds. The zero-order valence-corrected chi connectivity index (χ0v) is 13.9. The molecule has 2 aromatic rings. The Morgan fingerprint density at radius 1 is 1.23 bits per heavy atom. The molecule has 0 aliphatic rings. The van der Waals surface area contributed by atoms with E-state index in [4.69, 9.17) is 23.2 Å². The molecule has 8 heteroatoms. The van der Waals surface area contributed by atoms with Gasteiger partial charge in [-0.15, -0.1) is 0 Å². The Labute approximate surface area is 138 Å². The van der Waals surface area contributed by atoms with Crippen LogP contribution in [0.3, 0.4) is 0 Å². The van der Waals surface area contributed by atoms with Crippen LogP contribution in [0.15, 0.2) is 35.2 Å². The molecule has 0 aliphatic heterocycles. The lowest BCUT2D eigenvalue weighted by Crippen LogP contribution is -2.16. The number of nitrogens with one attached hydrogen (secondary N) is 1. The Balaban J connectivity index is 2.36. The fourth-order valence-electron chi connectivity index (χ4n) is 1.83. The van der Waals surface area contributed by atoms with Crippen LogP contribution in [0.1, 0.15) is 19.0 Å². The van der Waals surface area contributed by atoms with E-state index in [1.165, 1.54) is 6.07 Å². The van der Waals surface area contributed by atoms with Crippen LogP contribution in [-0.4, -0.2) is 13.4 Å². The standard InChI is InChI=1S/C14H13Cl2FN2O2S/c1-2-4-9-5-3-6-14(18-9)19-22(20,21)13-8-11(16)10(15)7-12(13)17/h3,5-8H,2,4H2,1H3,(H,18,19). The molecular weight excluding hydrogens is 350 g/mol. The van der Waals surface area contributed by atoms with Gasteiger partial charge in [-0.1, -0.05) is 42.6 Å². The van der Waals surface area contributed by atoms with Crippen molar-refractivity contribution in [3.63, 3.8) is 0 Å². The van der Waals surface area contributed by atoms with Crippen LogP contribution in [0, 0.1) is 5.82 Å². The number of nitrogens with zero attached hydrogens (tertiary/aromatic N) is 1. The van der Waals surface area contributed by atoms with Crippen LogP contribution in [0.5, 0.6) is 0 Å². The van der Waals surface area contributed by atoms with E-state index in [2.05, 4.69) is 9.71 Å². The lowest BCUT2D eigenvalue weighted by Gasteiger charge is -2.10. The fraction of sp³-hybridized carbons (Fsp3) is 0.214. The molecule has 0 saturated heterocycles. The summed E-state index contributed by atoms with van der Waals surface area (Å²) >= 11 is 11.4. The number of halogens is 3. The summed E-state index contributed by atoms with van der Waals surface area (Å²) in [5.74, 6) is -0.858. The van der Waals surface area contributed by atoms with E-state index in [1.807, 2.05) is 6.92 Å². The van der Waals surface area contributed by atoms with Crippen LogP contribution in [-0.2, 0) is 16.4 Å². The van der Waals surface area contributed by atoms with Crippen molar-refractivity contribution in [1.82, 2.24) is 4.98 Å². The van der Waals surface area contributed by atoms with Crippen molar-refractivity contribution in [2.24, 2.45) is 0 Å². The number of hydrogen-bond acceptors (Lipinski definition) is 3. The molecule has 0 saturated carbocycles. The maximum absolute atomic E-state index is 13.8. The van der Waals surface area contributed by atoms with E-state index in [9.17, 15) is 12.8 Å². The molecule has 0 aliphatic carbocycles. The summed E-state index contributed by atoms with van der Waals surface area (Å²) in [6, 6.07) is 6.80. The quantitative estimate of drug-likeness (QED) is 0.807. The van der Waals surface area contributed by atoms with E-state index in [1.54, 1.807) is 12.1 Å². The molecule has 1 aromatic heterocycles. The number of sulfonamides is 1. The van der Waals surface area contributed by atoms with E-state index in [0.717, 1.165) is 30.7 Å². The van der Waals surface area contributed by atoms with Gasteiger partial charge in [0.2, 0.25) is 0 Å². The van der Waals surface area contributed by atoms with Crippen LogP contribution in [0.4, 0.5) is 10.2 Å². The molecule has 0 bridgehead atoms. The second kappa shape index (κ2) is 6.81. The Bertz CT molecular complexity index is 797. The summed E-state index contributed by atoms with van der Waals surface area (Å²) in [6.07, 6.45) is 1.60. The number of hydrogen-bond donors (Lipinski definition) is 1. The highest BCUT2D eigenvalue weighted by Crippen LogP contribution is 2.28. The first-order valence-corrected chi connectivity index (χ1v) is 8.70. The predicted molar refractivity (Wildman–Crippen MR) is 85.5 cm³/mol. The lowest BCUT2D eigenvalue weighted by molar-refractivity contribution is 0.570. The Kier molecular flexibility index (Phi) is 5.26. The van der Waals surface area contributed by atoms with Gasteiger partial charge in [0.15, 0.2) is 0 Å². The van der Waals surface area contributed by atoms with E-state index >= 15 is 0 Å². The van der Waals surface area contributed by atoms with Crippen LogP contribution < -0.4 is 4.72 Å². The number of benzene rings is 1. The summed E-state index contributed by atoms with van der Waals surface area (Å²) in [5.41, 5.74) is 0.748. The molecule has 0 atom stereocenters. The highest BCUT2D eigenvalue weighted by atomic mass is 35.5. The number of rotatable bonds is 5. The van der Waals surface area contributed by atoms with Gasteiger partial charge in [0.05, 0.1) is 10.0 Å². The van der Waals surface area contributed by atoms with Crippen molar-refractivity contribution in [1.29, 1.82) is 0 Å². The Morgan fingerprint density at radius 3 is 2.59 bits per heavy atom. The van der Waals surface area contributed by atoms with E-state index < -0.39 is 20.7 Å². The minimum atomic E-state index is -4.15. The van der Waals surface area contributed by atoms with Gasteiger partial charge in [-0.25, -0.2) is 17.8 Å². The fourth-order valence-corrected chi connectivity index (χ4v) is 3.30. The minimum absolute atomic E-state index is 0.0452. The first kappa shape index (κ1) is 17.0. The van der Waals surface area contributed by atoms with Gasteiger partial charge < -0.3 is 0 Å². The van der Waals surface area contributed by atoms with Gasteiger partial charge in [-0.05, 0) is 30.7 Å². The van der Waals surface area contributed by atoms with Crippen molar-refractivity contribution in [2.75, 3.05) is 4.72 Å². The first-order valence-electron chi connectivity index (χ1n) is 6.47. The maximum atomic E-state index is 13.8. The highest BCUT2D eigenvalue weighted by molar-refractivity contribution is 7.92. The number of aryl methyl sites for hydroxylation is 1. The molecule has 0 fully saturated rings. The molecule has 4 nitrogen and oxygen atoms in total. The lowest BCUT2D eigenvalue weighted by atomic mass is 10.2. The molecule has 2 rings (SSSR count). The van der Waals surface area contributed by atoms with Gasteiger partial charge in [-0.3, -0.25) is 4.72 Å². The third-order valence-electron chi connectivity index (χ3n) is 2.82.